The molecular weight excluding hydrogens is 540 g/mol. The third-order valence-corrected chi connectivity index (χ3v) is 10.2. The zero-order chi connectivity index (χ0) is 29.3. The highest BCUT2D eigenvalue weighted by Gasteiger charge is 2.51. The second kappa shape index (κ2) is 9.75. The molecule has 5 heterocycles. The van der Waals surface area contributed by atoms with Crippen molar-refractivity contribution < 1.29 is 18.3 Å². The van der Waals surface area contributed by atoms with Gasteiger partial charge >= 0.3 is 6.01 Å². The lowest BCUT2D eigenvalue weighted by Gasteiger charge is -2.47. The Morgan fingerprint density at radius 3 is 2.86 bits per heavy atom. The topological polar surface area (TPSA) is 124 Å². The molecule has 1 aromatic heterocycles. The van der Waals surface area contributed by atoms with E-state index in [1.807, 2.05) is 17.0 Å². The number of nitrogen functional groups attached to an aromatic ring is 1. The molecule has 2 N–H and O–H groups in total. The molecule has 4 atom stereocenters. The number of benzene rings is 1. The lowest BCUT2D eigenvalue weighted by molar-refractivity contribution is -0.0874. The fourth-order valence-electron chi connectivity index (χ4n) is 8.04. The Kier molecular flexibility index (Phi) is 6.34. The van der Waals surface area contributed by atoms with Crippen LogP contribution < -0.4 is 15.4 Å². The van der Waals surface area contributed by atoms with Crippen LogP contribution in [0.4, 0.5) is 20.3 Å². The van der Waals surface area contributed by atoms with E-state index in [2.05, 4.69) is 17.9 Å². The van der Waals surface area contributed by atoms with Crippen molar-refractivity contribution in [3.63, 3.8) is 0 Å². The molecule has 42 heavy (non-hydrogen) atoms. The molecule has 3 saturated heterocycles. The van der Waals surface area contributed by atoms with Crippen LogP contribution in [0.5, 0.6) is 6.01 Å². The van der Waals surface area contributed by atoms with Crippen LogP contribution in [0.3, 0.4) is 0 Å². The average molecular weight is 576 g/mol. The third kappa shape index (κ3) is 4.20. The number of nitriles is 2. The number of halogens is 2. The first-order chi connectivity index (χ1) is 20.2. The van der Waals surface area contributed by atoms with Gasteiger partial charge in [-0.3, -0.25) is 4.90 Å². The lowest BCUT2D eigenvalue weighted by atomic mass is 9.69. The molecule has 0 saturated carbocycles. The van der Waals surface area contributed by atoms with E-state index in [1.54, 1.807) is 6.07 Å². The Hall–Kier alpha value is -3.54. The fourth-order valence-corrected chi connectivity index (χ4v) is 8.04. The molecule has 4 aliphatic heterocycles. The van der Waals surface area contributed by atoms with E-state index in [-0.39, 0.29) is 50.2 Å². The molecule has 0 amide bonds. The number of aromatic nitrogens is 2. The standard InChI is InChI=1S/C31H35F2N7O2/c1-19-5-7-31(26-21(19)3-4-24(36)22(26)13-35)12-25-23(15-42-31)27(39-16-29(33,17-39)8-9-34)38-28(37-25)41-18-30-6-2-10-40(30)14-20(32)11-30/h3-4,19-20H,2,5-8,10-12,14-18,36H2,1H3. The maximum Gasteiger partial charge on any atom is 0.318 e. The minimum Gasteiger partial charge on any atom is -0.461 e. The molecule has 0 bridgehead atoms. The van der Waals surface area contributed by atoms with Crippen LogP contribution in [0.25, 0.3) is 0 Å². The van der Waals surface area contributed by atoms with Gasteiger partial charge < -0.3 is 20.1 Å². The summed E-state index contributed by atoms with van der Waals surface area (Å²) in [6.45, 7) is 3.99. The molecule has 1 spiro atoms. The fraction of sp³-hybridized carbons (Fsp3) is 0.613. The van der Waals surface area contributed by atoms with Gasteiger partial charge in [0.15, 0.2) is 5.67 Å². The molecule has 4 unspecified atom stereocenters. The second-order valence-electron chi connectivity index (χ2n) is 13.0. The normalized spacial score (nSPS) is 31.0. The number of anilines is 2. The van der Waals surface area contributed by atoms with Crippen molar-refractivity contribution in [2.24, 2.45) is 0 Å². The summed E-state index contributed by atoms with van der Waals surface area (Å²) in [6.07, 6.45) is 3.20. The Labute approximate surface area is 244 Å². The second-order valence-corrected chi connectivity index (χ2v) is 13.0. The van der Waals surface area contributed by atoms with Crippen LogP contribution in [0.2, 0.25) is 0 Å². The quantitative estimate of drug-likeness (QED) is 0.523. The SMILES string of the molecule is CC1CCC2(Cc3nc(OCC45CCCN4CC(F)C5)nc(N4CC(F)(CC#N)C4)c3CO2)c2c1ccc(N)c2C#N. The predicted molar refractivity (Wildman–Crippen MR) is 150 cm³/mol. The van der Waals surface area contributed by atoms with Gasteiger partial charge in [0, 0.05) is 36.2 Å². The van der Waals surface area contributed by atoms with Gasteiger partial charge in [0.25, 0.3) is 0 Å². The van der Waals surface area contributed by atoms with Crippen molar-refractivity contribution in [1.82, 2.24) is 14.9 Å². The summed E-state index contributed by atoms with van der Waals surface area (Å²) in [5.74, 6) is 0.797. The van der Waals surface area contributed by atoms with Crippen molar-refractivity contribution in [3.8, 4) is 18.1 Å². The summed E-state index contributed by atoms with van der Waals surface area (Å²) < 4.78 is 42.4. The van der Waals surface area contributed by atoms with Gasteiger partial charge in [-0.2, -0.15) is 20.5 Å². The summed E-state index contributed by atoms with van der Waals surface area (Å²) in [5, 5.41) is 19.2. The van der Waals surface area contributed by atoms with Crippen molar-refractivity contribution in [2.45, 2.75) is 87.4 Å². The van der Waals surface area contributed by atoms with Crippen LogP contribution in [-0.4, -0.2) is 65.0 Å². The minimum absolute atomic E-state index is 0.0469. The van der Waals surface area contributed by atoms with Crippen LogP contribution in [0.15, 0.2) is 12.1 Å². The van der Waals surface area contributed by atoms with E-state index < -0.39 is 17.4 Å². The van der Waals surface area contributed by atoms with E-state index in [1.165, 1.54) is 0 Å². The Bertz CT molecular complexity index is 1520. The van der Waals surface area contributed by atoms with Gasteiger partial charge in [0.2, 0.25) is 0 Å². The molecule has 11 heteroatoms. The Morgan fingerprint density at radius 2 is 2.07 bits per heavy atom. The van der Waals surface area contributed by atoms with E-state index in [0.29, 0.717) is 42.9 Å². The first-order valence-electron chi connectivity index (χ1n) is 14.9. The van der Waals surface area contributed by atoms with Crippen LogP contribution in [0.1, 0.15) is 79.3 Å². The number of alkyl halides is 2. The molecule has 7 rings (SSSR count). The maximum atomic E-state index is 15.1. The van der Waals surface area contributed by atoms with Gasteiger partial charge in [-0.1, -0.05) is 13.0 Å². The molecule has 2 aromatic rings. The lowest BCUT2D eigenvalue weighted by Crippen LogP contribution is -2.59. The summed E-state index contributed by atoms with van der Waals surface area (Å²) in [7, 11) is 0. The van der Waals surface area contributed by atoms with Crippen molar-refractivity contribution in [2.75, 3.05) is 43.4 Å². The highest BCUT2D eigenvalue weighted by Crippen LogP contribution is 2.51. The van der Waals surface area contributed by atoms with E-state index in [4.69, 9.17) is 30.4 Å². The number of hydrogen-bond acceptors (Lipinski definition) is 9. The number of ether oxygens (including phenoxy) is 2. The molecule has 9 nitrogen and oxygen atoms in total. The van der Waals surface area contributed by atoms with E-state index in [9.17, 15) is 9.65 Å². The van der Waals surface area contributed by atoms with Gasteiger partial charge in [0.05, 0.1) is 49.0 Å². The number of rotatable bonds is 5. The highest BCUT2D eigenvalue weighted by atomic mass is 19.1. The number of fused-ring (bicyclic) bond motifs is 4. The monoisotopic (exact) mass is 575 g/mol. The molecule has 1 aromatic carbocycles. The Morgan fingerprint density at radius 1 is 1.24 bits per heavy atom. The summed E-state index contributed by atoms with van der Waals surface area (Å²) in [5.41, 5.74) is 7.80. The van der Waals surface area contributed by atoms with Crippen molar-refractivity contribution in [3.05, 3.63) is 40.1 Å². The minimum atomic E-state index is -1.59. The maximum absolute atomic E-state index is 15.1. The van der Waals surface area contributed by atoms with Crippen LogP contribution >= 0.6 is 0 Å². The summed E-state index contributed by atoms with van der Waals surface area (Å²) in [4.78, 5) is 13.6. The first kappa shape index (κ1) is 27.3. The van der Waals surface area contributed by atoms with E-state index in [0.717, 1.165) is 48.2 Å². The highest BCUT2D eigenvalue weighted by molar-refractivity contribution is 5.64. The molecule has 3 fully saturated rings. The van der Waals surface area contributed by atoms with Crippen LogP contribution in [-0.2, 0) is 23.4 Å². The average Bonchev–Trinajstić information content (AvgIpc) is 3.48. The van der Waals surface area contributed by atoms with Gasteiger partial charge in [-0.05, 0) is 49.8 Å². The largest absolute Gasteiger partial charge is 0.461 e. The first-order valence-corrected chi connectivity index (χ1v) is 14.9. The zero-order valence-electron chi connectivity index (χ0n) is 23.8. The zero-order valence-corrected chi connectivity index (χ0v) is 23.8. The van der Waals surface area contributed by atoms with Crippen molar-refractivity contribution >= 4 is 11.5 Å². The molecule has 1 aliphatic carbocycles. The number of nitrogens with two attached hydrogens (primary N) is 1. The molecule has 220 valence electrons. The van der Waals surface area contributed by atoms with E-state index >= 15 is 4.39 Å². The smallest absolute Gasteiger partial charge is 0.318 e. The Balaban J connectivity index is 1.26. The number of hydrogen-bond donors (Lipinski definition) is 1. The molecule has 0 radical (unpaired) electrons. The predicted octanol–water partition coefficient (Wildman–Crippen LogP) is 4.19. The summed E-state index contributed by atoms with van der Waals surface area (Å²) in [6, 6.07) is 8.23. The van der Waals surface area contributed by atoms with Crippen molar-refractivity contribution in [1.29, 1.82) is 10.5 Å². The van der Waals surface area contributed by atoms with Gasteiger partial charge in [0.1, 0.15) is 30.3 Å². The number of nitrogens with zero attached hydrogens (tertiary/aromatic N) is 6. The third-order valence-electron chi connectivity index (χ3n) is 10.2. The van der Waals surface area contributed by atoms with Gasteiger partial charge in [-0.25, -0.2) is 8.78 Å². The molecular formula is C31H35F2N7O2. The van der Waals surface area contributed by atoms with Crippen LogP contribution in [0, 0.1) is 22.7 Å². The summed E-state index contributed by atoms with van der Waals surface area (Å²) >= 11 is 0. The van der Waals surface area contributed by atoms with Gasteiger partial charge in [-0.15, -0.1) is 0 Å². The molecule has 5 aliphatic rings.